The number of rotatable bonds is 6. The normalized spacial score (nSPS) is 17.4. The van der Waals surface area contributed by atoms with Crippen molar-refractivity contribution >= 4 is 11.9 Å². The average Bonchev–Trinajstić information content (AvgIpc) is 3.33. The molecule has 4 rings (SSSR count). The molecule has 3 aromatic rings. The molecule has 0 aliphatic carbocycles. The zero-order valence-electron chi connectivity index (χ0n) is 19.2. The Bertz CT molecular complexity index is 1320. The van der Waals surface area contributed by atoms with Crippen LogP contribution in [0.25, 0.3) is 11.1 Å². The van der Waals surface area contributed by atoms with Crippen LogP contribution in [0.2, 0.25) is 0 Å². The third-order valence-electron chi connectivity index (χ3n) is 5.71. The van der Waals surface area contributed by atoms with E-state index in [1.165, 1.54) is 0 Å². The van der Waals surface area contributed by atoms with Crippen LogP contribution in [0.3, 0.4) is 0 Å². The number of aryl methyl sites for hydroxylation is 1. The summed E-state index contributed by atoms with van der Waals surface area (Å²) in [5.41, 5.74) is 2.86. The predicted octanol–water partition coefficient (Wildman–Crippen LogP) is 4.94. The Morgan fingerprint density at radius 3 is 1.83 bits per heavy atom. The fourth-order valence-electron chi connectivity index (χ4n) is 3.85. The minimum atomic E-state index is -1.60. The summed E-state index contributed by atoms with van der Waals surface area (Å²) in [4.78, 5) is 22.4. The molecule has 0 saturated carbocycles. The van der Waals surface area contributed by atoms with Gasteiger partial charge in [0.05, 0.1) is 0 Å². The van der Waals surface area contributed by atoms with Gasteiger partial charge in [-0.2, -0.15) is 0 Å². The lowest BCUT2D eigenvalue weighted by atomic mass is 9.99. The molecule has 0 amide bonds. The summed E-state index contributed by atoms with van der Waals surface area (Å²) in [5.74, 6) is 1.46. The van der Waals surface area contributed by atoms with Gasteiger partial charge in [-0.3, -0.25) is 0 Å². The van der Waals surface area contributed by atoms with Gasteiger partial charge in [0.25, 0.3) is 0 Å². The molecule has 8 heteroatoms. The first kappa shape index (κ1) is 25.0. The summed E-state index contributed by atoms with van der Waals surface area (Å²) in [6.45, 7) is 1.91. The standard InChI is InChI=1S/C28H22F2O6/c1-2-3-19-14-15-21(23(30)22(19)29)18-10-6-16(7-11-18)4-5-17-8-12-20(13-9-17)28-35-24(26(31)32)25(36-28)27(33)34/h6-15,24-25,28H,2-3H2,1H3,(H,31,32)(H,33,34)/t24-,25-/m1/s1. The van der Waals surface area contributed by atoms with Crippen LogP contribution in [0.4, 0.5) is 8.78 Å². The molecule has 1 saturated heterocycles. The molecule has 2 N–H and O–H groups in total. The molecule has 1 heterocycles. The summed E-state index contributed by atoms with van der Waals surface area (Å²) < 4.78 is 39.3. The van der Waals surface area contributed by atoms with Crippen molar-refractivity contribution in [1.29, 1.82) is 0 Å². The van der Waals surface area contributed by atoms with Gasteiger partial charge in [0.1, 0.15) is 0 Å². The van der Waals surface area contributed by atoms with E-state index in [1.807, 2.05) is 6.92 Å². The fraction of sp³-hybridized carbons (Fsp3) is 0.214. The van der Waals surface area contributed by atoms with Crippen molar-refractivity contribution in [2.24, 2.45) is 0 Å². The second-order valence-electron chi connectivity index (χ2n) is 8.22. The van der Waals surface area contributed by atoms with Gasteiger partial charge in [0.15, 0.2) is 30.1 Å². The summed E-state index contributed by atoms with van der Waals surface area (Å²) in [7, 11) is 0. The minimum Gasteiger partial charge on any atom is -0.479 e. The Morgan fingerprint density at radius 2 is 1.33 bits per heavy atom. The number of carboxylic acids is 2. The van der Waals surface area contributed by atoms with Crippen LogP contribution in [0, 0.1) is 23.5 Å². The fourth-order valence-corrected chi connectivity index (χ4v) is 3.85. The van der Waals surface area contributed by atoms with Gasteiger partial charge >= 0.3 is 11.9 Å². The topological polar surface area (TPSA) is 93.1 Å². The van der Waals surface area contributed by atoms with Crippen molar-refractivity contribution in [3.63, 3.8) is 0 Å². The van der Waals surface area contributed by atoms with E-state index in [1.54, 1.807) is 60.7 Å². The summed E-state index contributed by atoms with van der Waals surface area (Å²) >= 11 is 0. The second-order valence-corrected chi connectivity index (χ2v) is 8.22. The first-order valence-corrected chi connectivity index (χ1v) is 11.2. The van der Waals surface area contributed by atoms with Crippen LogP contribution in [0.1, 0.15) is 41.9 Å². The lowest BCUT2D eigenvalue weighted by Crippen LogP contribution is -2.36. The lowest BCUT2D eigenvalue weighted by Gasteiger charge is -2.09. The van der Waals surface area contributed by atoms with Gasteiger partial charge in [0.2, 0.25) is 0 Å². The van der Waals surface area contributed by atoms with Gasteiger partial charge in [-0.15, -0.1) is 0 Å². The van der Waals surface area contributed by atoms with Gasteiger partial charge in [-0.1, -0.05) is 61.6 Å². The third kappa shape index (κ3) is 5.28. The zero-order chi connectivity index (χ0) is 25.8. The summed E-state index contributed by atoms with van der Waals surface area (Å²) in [6, 6.07) is 16.5. The molecular weight excluding hydrogens is 470 g/mol. The molecule has 1 aliphatic rings. The molecular formula is C28H22F2O6. The molecule has 1 fully saturated rings. The Balaban J connectivity index is 1.46. The molecule has 3 aromatic carbocycles. The first-order valence-electron chi connectivity index (χ1n) is 11.2. The Morgan fingerprint density at radius 1 is 0.806 bits per heavy atom. The van der Waals surface area contributed by atoms with Crippen LogP contribution in [0.5, 0.6) is 0 Å². The van der Waals surface area contributed by atoms with Crippen molar-refractivity contribution < 1.29 is 38.1 Å². The van der Waals surface area contributed by atoms with Crippen molar-refractivity contribution in [2.75, 3.05) is 0 Å². The molecule has 0 aromatic heterocycles. The van der Waals surface area contributed by atoms with E-state index >= 15 is 0 Å². The van der Waals surface area contributed by atoms with E-state index < -0.39 is 42.1 Å². The number of halogens is 2. The molecule has 1 aliphatic heterocycles. The second kappa shape index (κ2) is 10.7. The van der Waals surface area contributed by atoms with Crippen molar-refractivity contribution in [3.05, 3.63) is 94.6 Å². The highest BCUT2D eigenvalue weighted by atomic mass is 19.2. The average molecular weight is 492 g/mol. The van der Waals surface area contributed by atoms with E-state index in [4.69, 9.17) is 19.7 Å². The zero-order valence-corrected chi connectivity index (χ0v) is 19.2. The van der Waals surface area contributed by atoms with Gasteiger partial charge in [-0.25, -0.2) is 18.4 Å². The van der Waals surface area contributed by atoms with Crippen LogP contribution >= 0.6 is 0 Å². The van der Waals surface area contributed by atoms with Crippen LogP contribution in [-0.4, -0.2) is 34.4 Å². The monoisotopic (exact) mass is 492 g/mol. The number of carboxylic acid groups (broad SMARTS) is 2. The predicted molar refractivity (Wildman–Crippen MR) is 126 cm³/mol. The molecule has 2 atom stereocenters. The lowest BCUT2D eigenvalue weighted by molar-refractivity contribution is -0.156. The Kier molecular flexibility index (Phi) is 7.44. The highest BCUT2D eigenvalue weighted by Crippen LogP contribution is 2.32. The number of benzene rings is 3. The molecule has 0 spiro atoms. The number of ether oxygens (including phenoxy) is 2. The number of aliphatic carboxylic acids is 2. The maximum absolute atomic E-state index is 14.5. The van der Waals surface area contributed by atoms with Gasteiger partial charge < -0.3 is 19.7 Å². The molecule has 184 valence electrons. The van der Waals surface area contributed by atoms with Crippen LogP contribution < -0.4 is 0 Å². The first-order chi connectivity index (χ1) is 17.3. The van der Waals surface area contributed by atoms with Gasteiger partial charge in [-0.05, 0) is 41.8 Å². The number of hydrogen-bond acceptors (Lipinski definition) is 4. The SMILES string of the molecule is CCCc1ccc(-c2ccc(C#Cc3ccc(C4O[C@@H](C(=O)O)[C@H](C(=O)O)O4)cc3)cc2)c(F)c1F. The number of hydrogen-bond donors (Lipinski definition) is 2. The molecule has 0 radical (unpaired) electrons. The molecule has 0 bridgehead atoms. The maximum Gasteiger partial charge on any atom is 0.336 e. The van der Waals surface area contributed by atoms with Crippen molar-refractivity contribution in [2.45, 2.75) is 38.3 Å². The quantitative estimate of drug-likeness (QED) is 0.474. The summed E-state index contributed by atoms with van der Waals surface area (Å²) in [5, 5.41) is 18.3. The van der Waals surface area contributed by atoms with E-state index in [0.717, 1.165) is 6.42 Å². The third-order valence-corrected chi connectivity index (χ3v) is 5.71. The van der Waals surface area contributed by atoms with E-state index in [-0.39, 0.29) is 5.56 Å². The summed E-state index contributed by atoms with van der Waals surface area (Å²) in [6.07, 6.45) is -3.12. The van der Waals surface area contributed by atoms with Crippen LogP contribution in [-0.2, 0) is 25.5 Å². The largest absolute Gasteiger partial charge is 0.479 e. The molecule has 6 nitrogen and oxygen atoms in total. The number of carbonyl (C=O) groups is 2. The van der Waals surface area contributed by atoms with Crippen molar-refractivity contribution in [1.82, 2.24) is 0 Å². The smallest absolute Gasteiger partial charge is 0.336 e. The minimum absolute atomic E-state index is 0.189. The van der Waals surface area contributed by atoms with E-state index in [9.17, 15) is 18.4 Å². The van der Waals surface area contributed by atoms with Crippen LogP contribution in [0.15, 0.2) is 60.7 Å². The molecule has 36 heavy (non-hydrogen) atoms. The Hall–Kier alpha value is -4.06. The highest BCUT2D eigenvalue weighted by Gasteiger charge is 2.46. The molecule has 0 unspecified atom stereocenters. The van der Waals surface area contributed by atoms with E-state index in [0.29, 0.717) is 34.2 Å². The van der Waals surface area contributed by atoms with Crippen molar-refractivity contribution in [3.8, 4) is 23.0 Å². The maximum atomic E-state index is 14.5. The van der Waals surface area contributed by atoms with E-state index in [2.05, 4.69) is 11.8 Å². The Labute approximate surface area is 206 Å². The highest BCUT2D eigenvalue weighted by molar-refractivity contribution is 5.84. The van der Waals surface area contributed by atoms with Gasteiger partial charge in [0, 0.05) is 22.3 Å².